The summed E-state index contributed by atoms with van der Waals surface area (Å²) in [6.07, 6.45) is 7.26. The van der Waals surface area contributed by atoms with E-state index in [1.165, 1.54) is 11.1 Å². The van der Waals surface area contributed by atoms with Gasteiger partial charge in [0.1, 0.15) is 0 Å². The highest BCUT2D eigenvalue weighted by Crippen LogP contribution is 2.39. The second-order valence-corrected chi connectivity index (χ2v) is 6.46. The van der Waals surface area contributed by atoms with Gasteiger partial charge < -0.3 is 10.1 Å². The van der Waals surface area contributed by atoms with Crippen molar-refractivity contribution in [2.45, 2.75) is 44.6 Å². The van der Waals surface area contributed by atoms with E-state index in [1.807, 2.05) is 0 Å². The molecular formula is C19H24N2O. The van der Waals surface area contributed by atoms with Crippen molar-refractivity contribution in [2.24, 2.45) is 5.92 Å². The lowest BCUT2D eigenvalue weighted by atomic mass is 9.75. The van der Waals surface area contributed by atoms with Crippen LogP contribution in [0.2, 0.25) is 0 Å². The highest BCUT2D eigenvalue weighted by atomic mass is 16.3. The maximum atomic E-state index is 10.6. The zero-order chi connectivity index (χ0) is 15.5. The lowest BCUT2D eigenvalue weighted by molar-refractivity contribution is 0.128. The highest BCUT2D eigenvalue weighted by Gasteiger charge is 2.29. The summed E-state index contributed by atoms with van der Waals surface area (Å²) in [5.41, 5.74) is 4.35. The molecular weight excluding hydrogens is 272 g/mol. The van der Waals surface area contributed by atoms with Crippen molar-refractivity contribution in [1.29, 1.82) is 0 Å². The molecule has 3 rings (SSSR count). The Bertz CT molecular complexity index is 607. The first-order chi connectivity index (χ1) is 10.6. The SMILES string of the molecule is C=C(c1cnc[nH]1)C(O)C1CCC(c2ccc(C)cc2)CC1. The summed E-state index contributed by atoms with van der Waals surface area (Å²) in [6, 6.07) is 8.88. The molecule has 1 heterocycles. The van der Waals surface area contributed by atoms with Gasteiger partial charge in [0.25, 0.3) is 0 Å². The number of aliphatic hydroxyl groups is 1. The van der Waals surface area contributed by atoms with Gasteiger partial charge in [-0.05, 0) is 55.6 Å². The van der Waals surface area contributed by atoms with Gasteiger partial charge in [-0.15, -0.1) is 0 Å². The van der Waals surface area contributed by atoms with Crippen LogP contribution in [0.1, 0.15) is 48.4 Å². The minimum atomic E-state index is -0.473. The molecule has 22 heavy (non-hydrogen) atoms. The molecule has 1 aromatic carbocycles. The zero-order valence-corrected chi connectivity index (χ0v) is 13.1. The van der Waals surface area contributed by atoms with Gasteiger partial charge in [0.15, 0.2) is 0 Å². The monoisotopic (exact) mass is 296 g/mol. The van der Waals surface area contributed by atoms with Gasteiger partial charge >= 0.3 is 0 Å². The van der Waals surface area contributed by atoms with Crippen molar-refractivity contribution < 1.29 is 5.11 Å². The van der Waals surface area contributed by atoms with Crippen molar-refractivity contribution in [1.82, 2.24) is 9.97 Å². The standard InChI is InChI=1S/C19H24N2O/c1-13-3-5-15(6-4-13)16-7-9-17(10-8-16)19(22)14(2)18-11-20-12-21-18/h3-6,11-12,16-17,19,22H,2,7-10H2,1H3,(H,20,21). The molecule has 2 aromatic rings. The summed E-state index contributed by atoms with van der Waals surface area (Å²) >= 11 is 0. The Kier molecular flexibility index (Phi) is 4.44. The molecule has 2 N–H and O–H groups in total. The fourth-order valence-corrected chi connectivity index (χ4v) is 3.48. The number of aromatic nitrogens is 2. The van der Waals surface area contributed by atoms with Crippen molar-refractivity contribution in [3.05, 3.63) is 60.2 Å². The molecule has 3 heteroatoms. The molecule has 1 atom stereocenters. The summed E-state index contributed by atoms with van der Waals surface area (Å²) in [5, 5.41) is 10.6. The van der Waals surface area contributed by atoms with Crippen LogP contribution in [0.4, 0.5) is 0 Å². The van der Waals surface area contributed by atoms with Crippen LogP contribution >= 0.6 is 0 Å². The number of rotatable bonds is 4. The number of aromatic amines is 1. The van der Waals surface area contributed by atoms with Crippen molar-refractivity contribution in [3.63, 3.8) is 0 Å². The highest BCUT2D eigenvalue weighted by molar-refractivity contribution is 5.63. The summed E-state index contributed by atoms with van der Waals surface area (Å²) in [4.78, 5) is 7.03. The number of benzene rings is 1. The fourth-order valence-electron chi connectivity index (χ4n) is 3.48. The van der Waals surface area contributed by atoms with Crippen LogP contribution in [0, 0.1) is 12.8 Å². The minimum Gasteiger partial charge on any atom is -0.388 e. The second-order valence-electron chi connectivity index (χ2n) is 6.46. The van der Waals surface area contributed by atoms with E-state index in [9.17, 15) is 5.11 Å². The van der Waals surface area contributed by atoms with Crippen LogP contribution in [0.25, 0.3) is 5.57 Å². The molecule has 0 radical (unpaired) electrons. The average Bonchev–Trinajstić information content (AvgIpc) is 3.09. The molecule has 0 amide bonds. The lowest BCUT2D eigenvalue weighted by Gasteiger charge is -2.32. The number of nitrogens with zero attached hydrogens (tertiary/aromatic N) is 1. The molecule has 1 aliphatic rings. The van der Waals surface area contributed by atoms with E-state index in [1.54, 1.807) is 12.5 Å². The first kappa shape index (κ1) is 15.0. The largest absolute Gasteiger partial charge is 0.388 e. The predicted molar refractivity (Wildman–Crippen MR) is 89.5 cm³/mol. The summed E-state index contributed by atoms with van der Waals surface area (Å²) < 4.78 is 0. The van der Waals surface area contributed by atoms with Crippen LogP contribution in [-0.4, -0.2) is 21.2 Å². The first-order valence-electron chi connectivity index (χ1n) is 8.07. The predicted octanol–water partition coefficient (Wildman–Crippen LogP) is 4.07. The van der Waals surface area contributed by atoms with Crippen LogP contribution in [0.5, 0.6) is 0 Å². The normalized spacial score (nSPS) is 23.2. The van der Waals surface area contributed by atoms with Gasteiger partial charge in [0.05, 0.1) is 24.3 Å². The first-order valence-corrected chi connectivity index (χ1v) is 8.07. The third-order valence-electron chi connectivity index (χ3n) is 4.97. The number of hydrogen-bond acceptors (Lipinski definition) is 2. The Morgan fingerprint density at radius 1 is 1.23 bits per heavy atom. The molecule has 1 aliphatic carbocycles. The van der Waals surface area contributed by atoms with E-state index in [0.717, 1.165) is 37.0 Å². The number of imidazole rings is 1. The van der Waals surface area contributed by atoms with Crippen LogP contribution in [-0.2, 0) is 0 Å². The molecule has 0 spiro atoms. The van der Waals surface area contributed by atoms with Crippen LogP contribution in [0.3, 0.4) is 0 Å². The maximum Gasteiger partial charge on any atom is 0.0924 e. The summed E-state index contributed by atoms with van der Waals surface area (Å²) in [6.45, 7) is 6.16. The summed E-state index contributed by atoms with van der Waals surface area (Å²) in [5.74, 6) is 0.932. The molecule has 0 aliphatic heterocycles. The fraction of sp³-hybridized carbons (Fsp3) is 0.421. The van der Waals surface area contributed by atoms with Gasteiger partial charge in [-0.2, -0.15) is 0 Å². The summed E-state index contributed by atoms with van der Waals surface area (Å²) in [7, 11) is 0. The minimum absolute atomic E-state index is 0.303. The number of hydrogen-bond donors (Lipinski definition) is 2. The third-order valence-corrected chi connectivity index (χ3v) is 4.97. The molecule has 1 unspecified atom stereocenters. The molecule has 0 bridgehead atoms. The number of aliphatic hydroxyl groups excluding tert-OH is 1. The lowest BCUT2D eigenvalue weighted by Crippen LogP contribution is -2.26. The Morgan fingerprint density at radius 3 is 2.50 bits per heavy atom. The van der Waals surface area contributed by atoms with Gasteiger partial charge in [0.2, 0.25) is 0 Å². The number of H-pyrrole nitrogens is 1. The van der Waals surface area contributed by atoms with Crippen molar-refractivity contribution in [3.8, 4) is 0 Å². The molecule has 1 fully saturated rings. The van der Waals surface area contributed by atoms with Crippen molar-refractivity contribution >= 4 is 5.57 Å². The van der Waals surface area contributed by atoms with E-state index < -0.39 is 6.10 Å². The van der Waals surface area contributed by atoms with Gasteiger partial charge in [-0.25, -0.2) is 4.98 Å². The number of aryl methyl sites for hydroxylation is 1. The second kappa shape index (κ2) is 6.49. The van der Waals surface area contributed by atoms with E-state index in [-0.39, 0.29) is 0 Å². The Balaban J connectivity index is 1.59. The molecule has 0 saturated heterocycles. The zero-order valence-electron chi connectivity index (χ0n) is 13.1. The third kappa shape index (κ3) is 3.14. The topological polar surface area (TPSA) is 48.9 Å². The Hall–Kier alpha value is -1.87. The van der Waals surface area contributed by atoms with E-state index >= 15 is 0 Å². The molecule has 1 saturated carbocycles. The quantitative estimate of drug-likeness (QED) is 0.893. The van der Waals surface area contributed by atoms with E-state index in [2.05, 4.69) is 47.7 Å². The number of nitrogens with one attached hydrogen (secondary N) is 1. The Morgan fingerprint density at radius 2 is 1.91 bits per heavy atom. The van der Waals surface area contributed by atoms with Gasteiger partial charge in [0, 0.05) is 0 Å². The van der Waals surface area contributed by atoms with Crippen LogP contribution < -0.4 is 0 Å². The maximum absolute atomic E-state index is 10.6. The van der Waals surface area contributed by atoms with Gasteiger partial charge in [-0.1, -0.05) is 36.4 Å². The molecule has 3 nitrogen and oxygen atoms in total. The van der Waals surface area contributed by atoms with Crippen LogP contribution in [0.15, 0.2) is 43.4 Å². The van der Waals surface area contributed by atoms with E-state index in [4.69, 9.17) is 0 Å². The molecule has 116 valence electrons. The smallest absolute Gasteiger partial charge is 0.0924 e. The average molecular weight is 296 g/mol. The Labute approximate surface area is 132 Å². The van der Waals surface area contributed by atoms with Crippen molar-refractivity contribution in [2.75, 3.05) is 0 Å². The molecule has 1 aromatic heterocycles. The van der Waals surface area contributed by atoms with E-state index in [0.29, 0.717) is 11.8 Å². The van der Waals surface area contributed by atoms with Gasteiger partial charge in [-0.3, -0.25) is 0 Å².